The first kappa shape index (κ1) is 14.2. The molecule has 104 valence electrons. The summed E-state index contributed by atoms with van der Waals surface area (Å²) in [6.07, 6.45) is -0.0649. The number of rotatable bonds is 3. The molecule has 1 amide bonds. The molecule has 0 radical (unpaired) electrons. The maximum Gasteiger partial charge on any atom is 0.254 e. The Morgan fingerprint density at radius 1 is 1.63 bits per heavy atom. The molecular formula is C13H16ClFN2O2. The van der Waals surface area contributed by atoms with Crippen molar-refractivity contribution in [1.82, 2.24) is 10.2 Å². The molecule has 1 heterocycles. The zero-order chi connectivity index (χ0) is 13.8. The third-order valence-corrected chi connectivity index (χ3v) is 3.24. The van der Waals surface area contributed by atoms with Crippen molar-refractivity contribution in [2.75, 3.05) is 33.3 Å². The molecule has 1 unspecified atom stereocenters. The van der Waals surface area contributed by atoms with Crippen molar-refractivity contribution in [3.05, 3.63) is 34.6 Å². The van der Waals surface area contributed by atoms with Crippen LogP contribution in [0.5, 0.6) is 0 Å². The fourth-order valence-corrected chi connectivity index (χ4v) is 2.14. The molecule has 1 saturated heterocycles. The highest BCUT2D eigenvalue weighted by Gasteiger charge is 2.19. The Morgan fingerprint density at radius 2 is 2.42 bits per heavy atom. The maximum atomic E-state index is 13.5. The molecule has 1 N–H and O–H groups in total. The summed E-state index contributed by atoms with van der Waals surface area (Å²) < 4.78 is 19.0. The summed E-state index contributed by atoms with van der Waals surface area (Å²) in [6, 6.07) is 3.91. The highest BCUT2D eigenvalue weighted by atomic mass is 35.5. The van der Waals surface area contributed by atoms with Gasteiger partial charge in [0.25, 0.3) is 5.91 Å². The van der Waals surface area contributed by atoms with Crippen molar-refractivity contribution >= 4 is 17.5 Å². The van der Waals surface area contributed by atoms with Crippen molar-refractivity contribution in [2.24, 2.45) is 0 Å². The van der Waals surface area contributed by atoms with Crippen molar-refractivity contribution in [3.63, 3.8) is 0 Å². The normalized spacial score (nSPS) is 20.3. The van der Waals surface area contributed by atoms with E-state index in [2.05, 4.69) is 10.2 Å². The molecule has 1 fully saturated rings. The lowest BCUT2D eigenvalue weighted by atomic mass is 10.2. The van der Waals surface area contributed by atoms with Crippen LogP contribution in [0.4, 0.5) is 4.39 Å². The lowest BCUT2D eigenvalue weighted by Crippen LogP contribution is -2.46. The van der Waals surface area contributed by atoms with Crippen LogP contribution in [0.15, 0.2) is 18.2 Å². The highest BCUT2D eigenvalue weighted by molar-refractivity contribution is 6.30. The van der Waals surface area contributed by atoms with Crippen LogP contribution in [0.25, 0.3) is 0 Å². The van der Waals surface area contributed by atoms with Gasteiger partial charge in [0.2, 0.25) is 0 Å². The minimum absolute atomic E-state index is 0.0448. The highest BCUT2D eigenvalue weighted by Crippen LogP contribution is 2.14. The van der Waals surface area contributed by atoms with Gasteiger partial charge in [-0.1, -0.05) is 11.6 Å². The molecule has 0 aromatic heterocycles. The molecule has 1 aromatic rings. The molecule has 0 bridgehead atoms. The predicted molar refractivity (Wildman–Crippen MR) is 71.0 cm³/mol. The van der Waals surface area contributed by atoms with Gasteiger partial charge in [0.15, 0.2) is 0 Å². The number of halogens is 2. The molecule has 1 atom stereocenters. The number of ether oxygens (including phenoxy) is 1. The number of benzene rings is 1. The first-order chi connectivity index (χ1) is 9.06. The van der Waals surface area contributed by atoms with E-state index in [1.165, 1.54) is 18.2 Å². The van der Waals surface area contributed by atoms with Crippen LogP contribution in [0.3, 0.4) is 0 Å². The molecule has 1 aliphatic rings. The maximum absolute atomic E-state index is 13.5. The zero-order valence-corrected chi connectivity index (χ0v) is 11.4. The third kappa shape index (κ3) is 3.89. The van der Waals surface area contributed by atoms with Crippen LogP contribution < -0.4 is 5.32 Å². The van der Waals surface area contributed by atoms with E-state index in [0.717, 1.165) is 13.1 Å². The van der Waals surface area contributed by atoms with E-state index in [1.54, 1.807) is 0 Å². The summed E-state index contributed by atoms with van der Waals surface area (Å²) in [7, 11) is 1.99. The minimum Gasteiger partial charge on any atom is -0.374 e. The van der Waals surface area contributed by atoms with Crippen LogP contribution in [0, 0.1) is 5.82 Å². The van der Waals surface area contributed by atoms with Crippen molar-refractivity contribution < 1.29 is 13.9 Å². The standard InChI is InChI=1S/C13H16ClFN2O2/c1-17-4-5-19-10(8-17)7-16-13(18)11-6-9(14)2-3-12(11)15/h2-3,6,10H,4-5,7-8H2,1H3,(H,16,18). The van der Waals surface area contributed by atoms with Gasteiger partial charge in [-0.2, -0.15) is 0 Å². The number of hydrogen-bond acceptors (Lipinski definition) is 3. The van der Waals surface area contributed by atoms with E-state index < -0.39 is 11.7 Å². The lowest BCUT2D eigenvalue weighted by molar-refractivity contribution is -0.0175. The van der Waals surface area contributed by atoms with Gasteiger partial charge in [0.05, 0.1) is 18.3 Å². The Morgan fingerprint density at radius 3 is 3.16 bits per heavy atom. The zero-order valence-electron chi connectivity index (χ0n) is 10.7. The molecule has 6 heteroatoms. The molecule has 19 heavy (non-hydrogen) atoms. The number of carbonyl (C=O) groups excluding carboxylic acids is 1. The lowest BCUT2D eigenvalue weighted by Gasteiger charge is -2.30. The summed E-state index contributed by atoms with van der Waals surface area (Å²) in [5, 5.41) is 3.00. The Labute approximate surface area is 116 Å². The molecule has 2 rings (SSSR count). The fraction of sp³-hybridized carbons (Fsp3) is 0.462. The molecular weight excluding hydrogens is 271 g/mol. The van der Waals surface area contributed by atoms with Gasteiger partial charge in [-0.15, -0.1) is 0 Å². The predicted octanol–water partition coefficient (Wildman–Crippen LogP) is 1.54. The first-order valence-corrected chi connectivity index (χ1v) is 6.47. The number of morpholine rings is 1. The number of likely N-dealkylation sites (N-methyl/N-ethyl adjacent to an activating group) is 1. The van der Waals surface area contributed by atoms with E-state index in [0.29, 0.717) is 18.2 Å². The number of nitrogens with zero attached hydrogens (tertiary/aromatic N) is 1. The first-order valence-electron chi connectivity index (χ1n) is 6.09. The molecule has 1 aliphatic heterocycles. The summed E-state index contributed by atoms with van der Waals surface area (Å²) in [6.45, 7) is 2.63. The topological polar surface area (TPSA) is 41.6 Å². The minimum atomic E-state index is -0.580. The van der Waals surface area contributed by atoms with Crippen LogP contribution in [0.2, 0.25) is 5.02 Å². The second-order valence-corrected chi connectivity index (χ2v) is 5.03. The average molecular weight is 287 g/mol. The van der Waals surface area contributed by atoms with E-state index in [4.69, 9.17) is 16.3 Å². The number of amides is 1. The van der Waals surface area contributed by atoms with Crippen molar-refractivity contribution in [1.29, 1.82) is 0 Å². The van der Waals surface area contributed by atoms with Gasteiger partial charge in [-0.25, -0.2) is 4.39 Å². The van der Waals surface area contributed by atoms with Crippen LogP contribution in [-0.2, 0) is 4.74 Å². The van der Waals surface area contributed by atoms with Crippen molar-refractivity contribution in [3.8, 4) is 0 Å². The Kier molecular flexibility index (Phi) is 4.74. The quantitative estimate of drug-likeness (QED) is 0.916. The molecule has 0 aliphatic carbocycles. The molecule has 0 saturated carbocycles. The second kappa shape index (κ2) is 6.32. The average Bonchev–Trinajstić information content (AvgIpc) is 2.39. The Bertz CT molecular complexity index is 470. The van der Waals surface area contributed by atoms with Gasteiger partial charge >= 0.3 is 0 Å². The summed E-state index contributed by atoms with van der Waals surface area (Å²) >= 11 is 5.75. The summed E-state index contributed by atoms with van der Waals surface area (Å²) in [5.74, 6) is -1.06. The number of hydrogen-bond donors (Lipinski definition) is 1. The third-order valence-electron chi connectivity index (χ3n) is 3.01. The van der Waals surface area contributed by atoms with E-state index >= 15 is 0 Å². The van der Waals surface area contributed by atoms with Crippen molar-refractivity contribution in [2.45, 2.75) is 6.10 Å². The summed E-state index contributed by atoms with van der Waals surface area (Å²) in [4.78, 5) is 14.0. The monoisotopic (exact) mass is 286 g/mol. The fourth-order valence-electron chi connectivity index (χ4n) is 1.96. The molecule has 4 nitrogen and oxygen atoms in total. The van der Waals surface area contributed by atoms with E-state index in [1.807, 2.05) is 7.05 Å². The number of nitrogens with one attached hydrogen (secondary N) is 1. The van der Waals surface area contributed by atoms with Crippen LogP contribution in [0.1, 0.15) is 10.4 Å². The second-order valence-electron chi connectivity index (χ2n) is 4.59. The van der Waals surface area contributed by atoms with Gasteiger partial charge < -0.3 is 15.0 Å². The SMILES string of the molecule is CN1CCOC(CNC(=O)c2cc(Cl)ccc2F)C1. The number of carbonyl (C=O) groups is 1. The largest absolute Gasteiger partial charge is 0.374 e. The van der Waals surface area contributed by atoms with Gasteiger partial charge in [0.1, 0.15) is 5.82 Å². The van der Waals surface area contributed by atoms with Gasteiger partial charge in [-0.3, -0.25) is 4.79 Å². The smallest absolute Gasteiger partial charge is 0.254 e. The van der Waals surface area contributed by atoms with Gasteiger partial charge in [0, 0.05) is 24.7 Å². The Hall–Kier alpha value is -1.17. The molecule has 0 spiro atoms. The molecule has 1 aromatic carbocycles. The van der Waals surface area contributed by atoms with E-state index in [9.17, 15) is 9.18 Å². The van der Waals surface area contributed by atoms with Crippen LogP contribution >= 0.6 is 11.6 Å². The van der Waals surface area contributed by atoms with Gasteiger partial charge in [-0.05, 0) is 25.2 Å². The Balaban J connectivity index is 1.92. The van der Waals surface area contributed by atoms with E-state index in [-0.39, 0.29) is 11.7 Å². The summed E-state index contributed by atoms with van der Waals surface area (Å²) in [5.41, 5.74) is -0.0448. The van der Waals surface area contributed by atoms with Crippen LogP contribution in [-0.4, -0.2) is 50.2 Å².